The molecule has 27 heavy (non-hydrogen) atoms. The summed E-state index contributed by atoms with van der Waals surface area (Å²) in [5.41, 5.74) is -1.06. The number of carbonyl (C=O) groups excluding carboxylic acids is 3. The number of carbonyl (C=O) groups is 3. The van der Waals surface area contributed by atoms with Crippen LogP contribution in [0.1, 0.15) is 38.7 Å². The average molecular weight is 378 g/mol. The van der Waals surface area contributed by atoms with Gasteiger partial charge in [-0.2, -0.15) is 0 Å². The lowest BCUT2D eigenvalue weighted by molar-refractivity contribution is -0.151. The minimum atomic E-state index is -1.56. The van der Waals surface area contributed by atoms with Gasteiger partial charge in [0.1, 0.15) is 17.3 Å². The molecule has 148 valence electrons. The quantitative estimate of drug-likeness (QED) is 0.755. The van der Waals surface area contributed by atoms with E-state index in [1.807, 2.05) is 0 Å². The summed E-state index contributed by atoms with van der Waals surface area (Å²) in [7, 11) is 4.37. The number of hydrogen-bond donors (Lipinski definition) is 1. The van der Waals surface area contributed by atoms with Crippen molar-refractivity contribution in [3.63, 3.8) is 0 Å². The summed E-state index contributed by atoms with van der Waals surface area (Å²) in [6, 6.07) is 3.24. The Balaban J connectivity index is 2.77. The van der Waals surface area contributed by atoms with Crippen LogP contribution in [0.3, 0.4) is 0 Å². The third-order valence-electron chi connectivity index (χ3n) is 5.22. The van der Waals surface area contributed by atoms with Gasteiger partial charge in [-0.3, -0.25) is 14.4 Å². The van der Waals surface area contributed by atoms with Crippen molar-refractivity contribution >= 4 is 17.3 Å². The van der Waals surface area contributed by atoms with Gasteiger partial charge in [-0.25, -0.2) is 0 Å². The van der Waals surface area contributed by atoms with E-state index in [4.69, 9.17) is 14.2 Å². The van der Waals surface area contributed by atoms with Gasteiger partial charge in [-0.05, 0) is 38.5 Å². The highest BCUT2D eigenvalue weighted by atomic mass is 16.5. The highest BCUT2D eigenvalue weighted by Gasteiger charge is 2.54. The first-order chi connectivity index (χ1) is 12.6. The molecule has 0 aliphatic heterocycles. The van der Waals surface area contributed by atoms with Gasteiger partial charge < -0.3 is 19.3 Å². The maximum Gasteiger partial charge on any atom is 0.203 e. The van der Waals surface area contributed by atoms with E-state index in [2.05, 4.69) is 0 Å². The summed E-state index contributed by atoms with van der Waals surface area (Å²) in [5.74, 6) is -2.76. The Kier molecular flexibility index (Phi) is 5.94. The third kappa shape index (κ3) is 3.69. The fourth-order valence-corrected chi connectivity index (χ4v) is 4.20. The largest absolute Gasteiger partial charge is 0.493 e. The standard InChI is InChI=1S/C20H26O7/c1-10(21)16-13(23)9-20(3,24)18(11(2)22)17(16)12-7-14(25-4)19(27-6)15(8-12)26-5/h7-8,16-18,24H,9H2,1-6H3/t16-,17-,18+,20+/m1/s1. The van der Waals surface area contributed by atoms with Crippen molar-refractivity contribution in [3.05, 3.63) is 17.7 Å². The summed E-state index contributed by atoms with van der Waals surface area (Å²) in [6.07, 6.45) is -0.248. The van der Waals surface area contributed by atoms with E-state index in [-0.39, 0.29) is 23.8 Å². The van der Waals surface area contributed by atoms with Crippen molar-refractivity contribution in [2.75, 3.05) is 21.3 Å². The molecule has 1 aromatic carbocycles. The molecular formula is C20H26O7. The molecule has 0 amide bonds. The van der Waals surface area contributed by atoms with Gasteiger partial charge in [0.05, 0.1) is 38.8 Å². The summed E-state index contributed by atoms with van der Waals surface area (Å²) in [4.78, 5) is 37.4. The molecule has 1 aliphatic carbocycles. The predicted molar refractivity (Wildman–Crippen MR) is 97.4 cm³/mol. The van der Waals surface area contributed by atoms with Crippen LogP contribution in [0, 0.1) is 11.8 Å². The van der Waals surface area contributed by atoms with E-state index in [1.165, 1.54) is 42.1 Å². The molecule has 7 heteroatoms. The van der Waals surface area contributed by atoms with Crippen LogP contribution in [0.15, 0.2) is 12.1 Å². The number of ether oxygens (including phenoxy) is 3. The van der Waals surface area contributed by atoms with Crippen LogP contribution in [-0.2, 0) is 14.4 Å². The number of aliphatic hydroxyl groups is 1. The Morgan fingerprint density at radius 3 is 1.93 bits per heavy atom. The Hall–Kier alpha value is -2.41. The Morgan fingerprint density at radius 1 is 1.04 bits per heavy atom. The first-order valence-electron chi connectivity index (χ1n) is 8.64. The van der Waals surface area contributed by atoms with E-state index in [9.17, 15) is 19.5 Å². The molecule has 0 bridgehead atoms. The van der Waals surface area contributed by atoms with Gasteiger partial charge in [-0.1, -0.05) is 0 Å². The first kappa shape index (κ1) is 20.9. The summed E-state index contributed by atoms with van der Waals surface area (Å²) < 4.78 is 16.0. The lowest BCUT2D eigenvalue weighted by atomic mass is 9.60. The van der Waals surface area contributed by atoms with E-state index in [0.29, 0.717) is 22.8 Å². The smallest absolute Gasteiger partial charge is 0.203 e. The lowest BCUT2D eigenvalue weighted by Crippen LogP contribution is -2.53. The molecule has 1 saturated carbocycles. The summed E-state index contributed by atoms with van der Waals surface area (Å²) in [5, 5.41) is 10.8. The molecule has 0 radical (unpaired) electrons. The van der Waals surface area contributed by atoms with Gasteiger partial charge >= 0.3 is 0 Å². The second-order valence-corrected chi connectivity index (χ2v) is 7.16. The lowest BCUT2D eigenvalue weighted by Gasteiger charge is -2.44. The molecule has 0 unspecified atom stereocenters. The SMILES string of the molecule is COc1cc([C@@H]2[C@H](C(C)=O)C(=O)C[C@](C)(O)[C@H]2C(C)=O)cc(OC)c1OC. The monoisotopic (exact) mass is 378 g/mol. The number of benzene rings is 1. The maximum absolute atomic E-state index is 12.7. The zero-order valence-corrected chi connectivity index (χ0v) is 16.5. The Labute approximate surface area is 158 Å². The topological polar surface area (TPSA) is 99.1 Å². The van der Waals surface area contributed by atoms with Crippen molar-refractivity contribution in [2.24, 2.45) is 11.8 Å². The fraction of sp³-hybridized carbons (Fsp3) is 0.550. The molecule has 1 N–H and O–H groups in total. The average Bonchev–Trinajstić information content (AvgIpc) is 2.57. The number of Topliss-reactive ketones (excluding diaryl/α,β-unsaturated/α-hetero) is 3. The summed E-state index contributed by atoms with van der Waals surface area (Å²) >= 11 is 0. The van der Waals surface area contributed by atoms with Gasteiger partial charge in [-0.15, -0.1) is 0 Å². The molecule has 0 spiro atoms. The normalized spacial score (nSPS) is 27.8. The van der Waals surface area contributed by atoms with Crippen molar-refractivity contribution in [1.82, 2.24) is 0 Å². The van der Waals surface area contributed by atoms with Crippen molar-refractivity contribution < 1.29 is 33.7 Å². The van der Waals surface area contributed by atoms with Gasteiger partial charge in [0, 0.05) is 12.3 Å². The van der Waals surface area contributed by atoms with Crippen molar-refractivity contribution in [1.29, 1.82) is 0 Å². The molecular weight excluding hydrogens is 352 g/mol. The van der Waals surface area contributed by atoms with E-state index >= 15 is 0 Å². The highest BCUT2D eigenvalue weighted by molar-refractivity contribution is 6.05. The zero-order valence-electron chi connectivity index (χ0n) is 16.5. The Bertz CT molecular complexity index is 741. The molecule has 7 nitrogen and oxygen atoms in total. The number of rotatable bonds is 6. The van der Waals surface area contributed by atoms with E-state index < -0.39 is 23.4 Å². The predicted octanol–water partition coefficient (Wildman–Crippen LogP) is 1.93. The van der Waals surface area contributed by atoms with Gasteiger partial charge in [0.15, 0.2) is 11.5 Å². The molecule has 0 aromatic heterocycles. The van der Waals surface area contributed by atoms with Crippen LogP contribution in [0.2, 0.25) is 0 Å². The second kappa shape index (κ2) is 7.68. The third-order valence-corrected chi connectivity index (χ3v) is 5.22. The molecule has 4 atom stereocenters. The van der Waals surface area contributed by atoms with Crippen LogP contribution in [0.25, 0.3) is 0 Å². The fourth-order valence-electron chi connectivity index (χ4n) is 4.20. The van der Waals surface area contributed by atoms with Crippen molar-refractivity contribution in [3.8, 4) is 17.2 Å². The van der Waals surface area contributed by atoms with Crippen LogP contribution in [-0.4, -0.2) is 49.4 Å². The van der Waals surface area contributed by atoms with Crippen LogP contribution >= 0.6 is 0 Å². The van der Waals surface area contributed by atoms with Gasteiger partial charge in [0.2, 0.25) is 5.75 Å². The molecule has 1 fully saturated rings. The van der Waals surface area contributed by atoms with E-state index in [0.717, 1.165) is 0 Å². The molecule has 2 rings (SSSR count). The van der Waals surface area contributed by atoms with Crippen molar-refractivity contribution in [2.45, 2.75) is 38.7 Å². The van der Waals surface area contributed by atoms with Crippen LogP contribution in [0.5, 0.6) is 17.2 Å². The van der Waals surface area contributed by atoms with Crippen LogP contribution < -0.4 is 14.2 Å². The minimum Gasteiger partial charge on any atom is -0.493 e. The molecule has 0 saturated heterocycles. The number of hydrogen-bond acceptors (Lipinski definition) is 7. The van der Waals surface area contributed by atoms with Gasteiger partial charge in [0.25, 0.3) is 0 Å². The molecule has 0 heterocycles. The first-order valence-corrected chi connectivity index (χ1v) is 8.64. The molecule has 1 aromatic rings. The van der Waals surface area contributed by atoms with Crippen LogP contribution in [0.4, 0.5) is 0 Å². The minimum absolute atomic E-state index is 0.248. The highest BCUT2D eigenvalue weighted by Crippen LogP contribution is 2.49. The second-order valence-electron chi connectivity index (χ2n) is 7.16. The Morgan fingerprint density at radius 2 is 1.56 bits per heavy atom. The molecule has 1 aliphatic rings. The summed E-state index contributed by atoms with van der Waals surface area (Å²) in [6.45, 7) is 4.14. The van der Waals surface area contributed by atoms with E-state index in [1.54, 1.807) is 12.1 Å². The number of ketones is 3. The maximum atomic E-state index is 12.7. The number of methoxy groups -OCH3 is 3. The zero-order chi connectivity index (χ0) is 20.5.